The van der Waals surface area contributed by atoms with Crippen molar-refractivity contribution in [3.8, 4) is 11.3 Å². The number of carbonyl (C=O) groups is 1. The van der Waals surface area contributed by atoms with Crippen LogP contribution in [0.5, 0.6) is 0 Å². The second-order valence-electron chi connectivity index (χ2n) is 6.47. The Morgan fingerprint density at radius 3 is 2.50 bits per heavy atom. The molecule has 1 amide bonds. The van der Waals surface area contributed by atoms with Gasteiger partial charge in [-0.25, -0.2) is 4.98 Å². The lowest BCUT2D eigenvalue weighted by atomic mass is 10.1. The summed E-state index contributed by atoms with van der Waals surface area (Å²) in [5.74, 6) is 1.22. The first-order valence-corrected chi connectivity index (χ1v) is 8.80. The maximum Gasteiger partial charge on any atom is 0.227 e. The molecule has 5 nitrogen and oxygen atoms in total. The summed E-state index contributed by atoms with van der Waals surface area (Å²) >= 11 is 0. The second kappa shape index (κ2) is 6.59. The van der Waals surface area contributed by atoms with Gasteiger partial charge in [0.1, 0.15) is 5.82 Å². The van der Waals surface area contributed by atoms with E-state index in [-0.39, 0.29) is 5.91 Å². The number of hydrogen-bond donors (Lipinski definition) is 0. The van der Waals surface area contributed by atoms with Gasteiger partial charge < -0.3 is 9.80 Å². The molecule has 0 atom stereocenters. The van der Waals surface area contributed by atoms with E-state index in [1.165, 1.54) is 12.8 Å². The van der Waals surface area contributed by atoms with E-state index in [4.69, 9.17) is 0 Å². The van der Waals surface area contributed by atoms with Crippen molar-refractivity contribution in [1.82, 2.24) is 9.97 Å². The van der Waals surface area contributed by atoms with Crippen molar-refractivity contribution in [2.75, 3.05) is 29.4 Å². The lowest BCUT2D eigenvalue weighted by Crippen LogP contribution is -2.35. The van der Waals surface area contributed by atoms with E-state index in [1.807, 2.05) is 23.2 Å². The molecule has 2 saturated heterocycles. The average molecular weight is 322 g/mol. The maximum atomic E-state index is 12.3. The Kier molecular flexibility index (Phi) is 4.15. The molecule has 4 heterocycles. The third-order valence-corrected chi connectivity index (χ3v) is 4.85. The smallest absolute Gasteiger partial charge is 0.227 e. The van der Waals surface area contributed by atoms with Crippen LogP contribution in [0.1, 0.15) is 32.1 Å². The normalized spacial score (nSPS) is 18.2. The molecular formula is C19H22N4O. The highest BCUT2D eigenvalue weighted by Crippen LogP contribution is 2.31. The molecule has 24 heavy (non-hydrogen) atoms. The number of hydrogen-bond acceptors (Lipinski definition) is 4. The van der Waals surface area contributed by atoms with Crippen molar-refractivity contribution in [3.63, 3.8) is 0 Å². The highest BCUT2D eigenvalue weighted by molar-refractivity contribution is 5.97. The molecule has 0 unspecified atom stereocenters. The zero-order valence-corrected chi connectivity index (χ0v) is 13.8. The molecule has 0 N–H and O–H groups in total. The van der Waals surface area contributed by atoms with E-state index >= 15 is 0 Å². The number of piperidine rings is 1. The van der Waals surface area contributed by atoms with Crippen molar-refractivity contribution in [2.24, 2.45) is 0 Å². The van der Waals surface area contributed by atoms with E-state index < -0.39 is 0 Å². The van der Waals surface area contributed by atoms with Crippen LogP contribution in [0.25, 0.3) is 11.3 Å². The Hall–Kier alpha value is -2.43. The van der Waals surface area contributed by atoms with Gasteiger partial charge in [0.25, 0.3) is 0 Å². The number of anilines is 2. The molecular weight excluding hydrogens is 300 g/mol. The quantitative estimate of drug-likeness (QED) is 0.870. The molecule has 0 bridgehead atoms. The third-order valence-electron chi connectivity index (χ3n) is 4.85. The fraction of sp³-hybridized carbons (Fsp3) is 0.421. The van der Waals surface area contributed by atoms with Gasteiger partial charge in [0.05, 0.1) is 11.4 Å². The van der Waals surface area contributed by atoms with Gasteiger partial charge >= 0.3 is 0 Å². The number of rotatable bonds is 3. The van der Waals surface area contributed by atoms with Gasteiger partial charge in [-0.15, -0.1) is 0 Å². The molecule has 4 rings (SSSR count). The molecule has 0 aliphatic carbocycles. The molecule has 2 aromatic rings. The van der Waals surface area contributed by atoms with Crippen LogP contribution in [0.2, 0.25) is 0 Å². The Morgan fingerprint density at radius 2 is 1.75 bits per heavy atom. The minimum atomic E-state index is 0.192. The highest BCUT2D eigenvalue weighted by atomic mass is 16.2. The van der Waals surface area contributed by atoms with Gasteiger partial charge in [-0.1, -0.05) is 0 Å². The van der Waals surface area contributed by atoms with Crippen LogP contribution in [0, 0.1) is 0 Å². The van der Waals surface area contributed by atoms with Crippen molar-refractivity contribution >= 4 is 17.4 Å². The topological polar surface area (TPSA) is 49.3 Å². The lowest BCUT2D eigenvalue weighted by molar-refractivity contribution is -0.119. The van der Waals surface area contributed by atoms with E-state index in [2.05, 4.69) is 27.0 Å². The Bertz CT molecular complexity index is 722. The number of amides is 1. The third kappa shape index (κ3) is 2.86. The van der Waals surface area contributed by atoms with Crippen LogP contribution in [0.4, 0.5) is 11.5 Å². The summed E-state index contributed by atoms with van der Waals surface area (Å²) < 4.78 is 0. The largest absolute Gasteiger partial charge is 0.357 e. The number of aromatic nitrogens is 2. The van der Waals surface area contributed by atoms with Gasteiger partial charge in [-0.3, -0.25) is 9.78 Å². The fourth-order valence-electron chi connectivity index (χ4n) is 3.56. The average Bonchev–Trinajstić information content (AvgIpc) is 3.17. The first kappa shape index (κ1) is 15.1. The SMILES string of the molecule is O=C1CCCCN1c1cccnc1-c1ccc(N2CCCC2)nc1. The van der Waals surface area contributed by atoms with E-state index in [0.29, 0.717) is 6.42 Å². The van der Waals surface area contributed by atoms with Gasteiger partial charge in [-0.2, -0.15) is 0 Å². The summed E-state index contributed by atoms with van der Waals surface area (Å²) in [6.45, 7) is 2.95. The van der Waals surface area contributed by atoms with Gasteiger partial charge in [0.15, 0.2) is 0 Å². The molecule has 2 fully saturated rings. The summed E-state index contributed by atoms with van der Waals surface area (Å²) in [6.07, 6.45) is 8.80. The molecule has 2 aromatic heterocycles. The Balaban J connectivity index is 1.65. The molecule has 0 aromatic carbocycles. The number of pyridine rings is 2. The lowest BCUT2D eigenvalue weighted by Gasteiger charge is -2.28. The summed E-state index contributed by atoms with van der Waals surface area (Å²) in [7, 11) is 0. The molecule has 0 saturated carbocycles. The van der Waals surface area contributed by atoms with Crippen molar-refractivity contribution in [2.45, 2.75) is 32.1 Å². The van der Waals surface area contributed by atoms with Crippen LogP contribution in [0.15, 0.2) is 36.7 Å². The van der Waals surface area contributed by atoms with Crippen LogP contribution >= 0.6 is 0 Å². The molecule has 2 aliphatic heterocycles. The molecule has 0 radical (unpaired) electrons. The van der Waals surface area contributed by atoms with Crippen LogP contribution in [0.3, 0.4) is 0 Å². The summed E-state index contributed by atoms with van der Waals surface area (Å²) in [6, 6.07) is 8.02. The maximum absolute atomic E-state index is 12.3. The standard InChI is InChI=1S/C19H22N4O/c24-18-7-1-2-13-23(18)16-6-5-10-20-19(16)15-8-9-17(21-14-15)22-11-3-4-12-22/h5-6,8-10,14H,1-4,7,11-13H2. The van der Waals surface area contributed by atoms with Crippen LogP contribution < -0.4 is 9.80 Å². The first-order chi connectivity index (χ1) is 11.8. The van der Waals surface area contributed by atoms with Gasteiger partial charge in [0.2, 0.25) is 5.91 Å². The van der Waals surface area contributed by atoms with Crippen LogP contribution in [-0.4, -0.2) is 35.5 Å². The first-order valence-electron chi connectivity index (χ1n) is 8.80. The van der Waals surface area contributed by atoms with Crippen molar-refractivity contribution in [3.05, 3.63) is 36.7 Å². The Labute approximate surface area is 142 Å². The van der Waals surface area contributed by atoms with E-state index in [1.54, 1.807) is 6.20 Å². The van der Waals surface area contributed by atoms with Crippen molar-refractivity contribution < 1.29 is 4.79 Å². The molecule has 2 aliphatic rings. The number of carbonyl (C=O) groups excluding carboxylic acids is 1. The fourth-order valence-corrected chi connectivity index (χ4v) is 3.56. The number of nitrogens with zero attached hydrogens (tertiary/aromatic N) is 4. The van der Waals surface area contributed by atoms with Gasteiger partial charge in [0, 0.05) is 44.0 Å². The van der Waals surface area contributed by atoms with E-state index in [9.17, 15) is 4.79 Å². The van der Waals surface area contributed by atoms with Crippen LogP contribution in [-0.2, 0) is 4.79 Å². The highest BCUT2D eigenvalue weighted by Gasteiger charge is 2.23. The summed E-state index contributed by atoms with van der Waals surface area (Å²) in [5.41, 5.74) is 2.71. The minimum absolute atomic E-state index is 0.192. The molecule has 124 valence electrons. The second-order valence-corrected chi connectivity index (χ2v) is 6.47. The summed E-state index contributed by atoms with van der Waals surface area (Å²) in [5, 5.41) is 0. The zero-order valence-electron chi connectivity index (χ0n) is 13.8. The van der Waals surface area contributed by atoms with Crippen molar-refractivity contribution in [1.29, 1.82) is 0 Å². The van der Waals surface area contributed by atoms with E-state index in [0.717, 1.165) is 55.2 Å². The monoisotopic (exact) mass is 322 g/mol. The molecule has 0 spiro atoms. The van der Waals surface area contributed by atoms with Gasteiger partial charge in [-0.05, 0) is 49.9 Å². The zero-order chi connectivity index (χ0) is 16.4. The minimum Gasteiger partial charge on any atom is -0.357 e. The predicted octanol–water partition coefficient (Wildman–Crippen LogP) is 3.26. The summed E-state index contributed by atoms with van der Waals surface area (Å²) in [4.78, 5) is 25.6. The molecule has 5 heteroatoms. The predicted molar refractivity (Wildman–Crippen MR) is 95.1 cm³/mol. The Morgan fingerprint density at radius 1 is 0.917 bits per heavy atom.